The Labute approximate surface area is 123 Å². The van der Waals surface area contributed by atoms with E-state index in [9.17, 15) is 4.79 Å². The van der Waals surface area contributed by atoms with Crippen molar-refractivity contribution in [2.24, 2.45) is 0 Å². The first-order chi connectivity index (χ1) is 10.0. The zero-order valence-corrected chi connectivity index (χ0v) is 12.4. The number of ether oxygens (including phenoxy) is 2. The molecule has 2 N–H and O–H groups in total. The molecule has 0 unspecified atom stereocenters. The molecule has 0 fully saturated rings. The van der Waals surface area contributed by atoms with Crippen molar-refractivity contribution in [2.75, 3.05) is 12.8 Å². The summed E-state index contributed by atoms with van der Waals surface area (Å²) >= 11 is 0. The van der Waals surface area contributed by atoms with E-state index in [1.807, 2.05) is 26.1 Å². The predicted octanol–water partition coefficient (Wildman–Crippen LogP) is 2.41. The van der Waals surface area contributed by atoms with Crippen LogP contribution in [-0.2, 0) is 11.3 Å². The second kappa shape index (κ2) is 6.30. The van der Waals surface area contributed by atoms with Crippen LogP contribution in [0.25, 0.3) is 0 Å². The average Bonchev–Trinajstić information content (AvgIpc) is 2.93. The number of aromatic nitrogens is 2. The Morgan fingerprint density at radius 3 is 2.76 bits per heavy atom. The minimum absolute atomic E-state index is 0.0933. The van der Waals surface area contributed by atoms with E-state index < -0.39 is 5.97 Å². The zero-order chi connectivity index (χ0) is 15.4. The number of rotatable bonds is 5. The summed E-state index contributed by atoms with van der Waals surface area (Å²) in [5.74, 6) is -0.128. The Morgan fingerprint density at radius 2 is 2.14 bits per heavy atom. The van der Waals surface area contributed by atoms with Crippen molar-refractivity contribution in [3.8, 4) is 5.75 Å². The highest BCUT2D eigenvalue weighted by atomic mass is 16.5. The lowest BCUT2D eigenvalue weighted by Gasteiger charge is -2.10. The number of anilines is 1. The standard InChI is InChI=1S/C15H19N3O3/c1-10(2)18-8-7-11(17-18)9-21-15(19)14-12(16)5-4-6-13(14)20-3/h4-8,10H,9,16H2,1-3H3. The fourth-order valence-corrected chi connectivity index (χ4v) is 1.89. The van der Waals surface area contributed by atoms with Crippen LogP contribution in [-0.4, -0.2) is 22.9 Å². The second-order valence-corrected chi connectivity index (χ2v) is 4.88. The number of esters is 1. The number of nitrogens with zero attached hydrogens (tertiary/aromatic N) is 2. The highest BCUT2D eigenvalue weighted by molar-refractivity contribution is 5.98. The molecular formula is C15H19N3O3. The fraction of sp³-hybridized carbons (Fsp3) is 0.333. The zero-order valence-electron chi connectivity index (χ0n) is 12.4. The van der Waals surface area contributed by atoms with Gasteiger partial charge in [0.05, 0.1) is 12.8 Å². The van der Waals surface area contributed by atoms with Crippen molar-refractivity contribution in [3.05, 3.63) is 41.7 Å². The van der Waals surface area contributed by atoms with Gasteiger partial charge in [0, 0.05) is 17.9 Å². The lowest BCUT2D eigenvalue weighted by atomic mass is 10.1. The molecule has 1 heterocycles. The van der Waals surface area contributed by atoms with Crippen molar-refractivity contribution in [1.29, 1.82) is 0 Å². The van der Waals surface area contributed by atoms with E-state index in [2.05, 4.69) is 5.10 Å². The first-order valence-electron chi connectivity index (χ1n) is 6.66. The largest absolute Gasteiger partial charge is 0.496 e. The molecule has 6 heteroatoms. The second-order valence-electron chi connectivity index (χ2n) is 4.88. The van der Waals surface area contributed by atoms with Gasteiger partial charge >= 0.3 is 5.97 Å². The monoisotopic (exact) mass is 289 g/mol. The van der Waals surface area contributed by atoms with Gasteiger partial charge in [0.2, 0.25) is 0 Å². The van der Waals surface area contributed by atoms with Crippen LogP contribution in [0.2, 0.25) is 0 Å². The van der Waals surface area contributed by atoms with Gasteiger partial charge in [-0.25, -0.2) is 4.79 Å². The summed E-state index contributed by atoms with van der Waals surface area (Å²) in [5.41, 5.74) is 7.06. The molecule has 0 radical (unpaired) electrons. The molecule has 0 atom stereocenters. The molecule has 0 aliphatic carbocycles. The number of hydrogen-bond donors (Lipinski definition) is 1. The molecular weight excluding hydrogens is 270 g/mol. The summed E-state index contributed by atoms with van der Waals surface area (Å²) in [4.78, 5) is 12.1. The van der Waals surface area contributed by atoms with Crippen LogP contribution in [0.3, 0.4) is 0 Å². The molecule has 2 rings (SSSR count). The van der Waals surface area contributed by atoms with Crippen molar-refractivity contribution >= 4 is 11.7 Å². The summed E-state index contributed by atoms with van der Waals surface area (Å²) in [6.45, 7) is 4.15. The predicted molar refractivity (Wildman–Crippen MR) is 79.1 cm³/mol. The Bertz CT molecular complexity index is 635. The van der Waals surface area contributed by atoms with Gasteiger partial charge in [-0.3, -0.25) is 4.68 Å². The Hall–Kier alpha value is -2.50. The Morgan fingerprint density at radius 1 is 1.38 bits per heavy atom. The molecule has 0 aliphatic rings. The van der Waals surface area contributed by atoms with Gasteiger partial charge < -0.3 is 15.2 Å². The quantitative estimate of drug-likeness (QED) is 0.675. The third-order valence-electron chi connectivity index (χ3n) is 3.03. The van der Waals surface area contributed by atoms with Gasteiger partial charge in [-0.05, 0) is 32.0 Å². The average molecular weight is 289 g/mol. The maximum Gasteiger partial charge on any atom is 0.344 e. The molecule has 2 aromatic rings. The maximum atomic E-state index is 12.1. The molecule has 6 nitrogen and oxygen atoms in total. The van der Waals surface area contributed by atoms with Gasteiger partial charge in [-0.1, -0.05) is 6.07 Å². The number of carbonyl (C=O) groups excluding carboxylic acids is 1. The van der Waals surface area contributed by atoms with E-state index >= 15 is 0 Å². The van der Waals surface area contributed by atoms with Gasteiger partial charge in [0.1, 0.15) is 17.9 Å². The normalized spacial score (nSPS) is 10.7. The molecule has 0 saturated heterocycles. The van der Waals surface area contributed by atoms with Crippen LogP contribution in [0.15, 0.2) is 30.5 Å². The van der Waals surface area contributed by atoms with E-state index in [-0.39, 0.29) is 18.2 Å². The SMILES string of the molecule is COc1cccc(N)c1C(=O)OCc1ccn(C(C)C)n1. The molecule has 1 aromatic heterocycles. The smallest absolute Gasteiger partial charge is 0.344 e. The Balaban J connectivity index is 2.08. The van der Waals surface area contributed by atoms with Gasteiger partial charge in [0.25, 0.3) is 0 Å². The number of nitrogen functional groups attached to an aromatic ring is 1. The molecule has 0 saturated carbocycles. The number of methoxy groups -OCH3 is 1. The van der Waals surface area contributed by atoms with Crippen LogP contribution < -0.4 is 10.5 Å². The topological polar surface area (TPSA) is 79.4 Å². The van der Waals surface area contributed by atoms with E-state index in [0.717, 1.165) is 0 Å². The molecule has 21 heavy (non-hydrogen) atoms. The first-order valence-corrected chi connectivity index (χ1v) is 6.66. The number of nitrogens with two attached hydrogens (primary N) is 1. The molecule has 0 bridgehead atoms. The van der Waals surface area contributed by atoms with Crippen molar-refractivity contribution in [1.82, 2.24) is 9.78 Å². The number of benzene rings is 1. The third-order valence-corrected chi connectivity index (χ3v) is 3.03. The molecule has 112 valence electrons. The van der Waals surface area contributed by atoms with Gasteiger partial charge in [-0.2, -0.15) is 5.10 Å². The highest BCUT2D eigenvalue weighted by Crippen LogP contribution is 2.25. The maximum absolute atomic E-state index is 12.1. The third kappa shape index (κ3) is 3.34. The summed E-state index contributed by atoms with van der Waals surface area (Å²) in [6.07, 6.45) is 1.85. The van der Waals surface area contributed by atoms with Gasteiger partial charge in [-0.15, -0.1) is 0 Å². The number of hydrogen-bond acceptors (Lipinski definition) is 5. The minimum Gasteiger partial charge on any atom is -0.496 e. The molecule has 0 spiro atoms. The van der Waals surface area contributed by atoms with E-state index in [1.54, 1.807) is 22.9 Å². The van der Waals surface area contributed by atoms with E-state index in [1.165, 1.54) is 7.11 Å². The van der Waals surface area contributed by atoms with E-state index in [4.69, 9.17) is 15.2 Å². The molecule has 1 aromatic carbocycles. The summed E-state index contributed by atoms with van der Waals surface area (Å²) in [6, 6.07) is 7.10. The summed E-state index contributed by atoms with van der Waals surface area (Å²) in [5, 5.41) is 4.32. The lowest BCUT2D eigenvalue weighted by molar-refractivity contribution is 0.0464. The van der Waals surface area contributed by atoms with Crippen LogP contribution in [0.5, 0.6) is 5.75 Å². The highest BCUT2D eigenvalue weighted by Gasteiger charge is 2.17. The van der Waals surface area contributed by atoms with Gasteiger partial charge in [0.15, 0.2) is 0 Å². The first kappa shape index (κ1) is 14.9. The van der Waals surface area contributed by atoms with Crippen LogP contribution in [0.1, 0.15) is 35.9 Å². The Kier molecular flexibility index (Phi) is 4.47. The van der Waals surface area contributed by atoms with Crippen LogP contribution in [0.4, 0.5) is 5.69 Å². The van der Waals surface area contributed by atoms with Crippen molar-refractivity contribution in [2.45, 2.75) is 26.5 Å². The summed E-state index contributed by atoms with van der Waals surface area (Å²) < 4.78 is 12.2. The van der Waals surface area contributed by atoms with Crippen molar-refractivity contribution in [3.63, 3.8) is 0 Å². The minimum atomic E-state index is -0.524. The van der Waals surface area contributed by atoms with E-state index in [0.29, 0.717) is 17.1 Å². The van der Waals surface area contributed by atoms with Crippen molar-refractivity contribution < 1.29 is 14.3 Å². The fourth-order valence-electron chi connectivity index (χ4n) is 1.89. The van der Waals surface area contributed by atoms with Crippen LogP contribution in [0, 0.1) is 0 Å². The molecule has 0 aliphatic heterocycles. The lowest BCUT2D eigenvalue weighted by Crippen LogP contribution is -2.10. The molecule has 0 amide bonds. The number of carbonyl (C=O) groups is 1. The summed E-state index contributed by atoms with van der Waals surface area (Å²) in [7, 11) is 1.48. The van der Waals surface area contributed by atoms with Crippen LogP contribution >= 0.6 is 0 Å².